The summed E-state index contributed by atoms with van der Waals surface area (Å²) in [6.45, 7) is 3.95. The van der Waals surface area contributed by atoms with Gasteiger partial charge in [0.05, 0.1) is 12.8 Å². The van der Waals surface area contributed by atoms with Gasteiger partial charge < -0.3 is 10.4 Å². The first-order valence-electron chi connectivity index (χ1n) is 7.07. The van der Waals surface area contributed by atoms with Crippen LogP contribution < -0.4 is 10.7 Å². The molecule has 3 N–H and O–H groups in total. The van der Waals surface area contributed by atoms with Gasteiger partial charge in [-0.25, -0.2) is 5.43 Å². The van der Waals surface area contributed by atoms with Crippen LogP contribution >= 0.6 is 22.6 Å². The lowest BCUT2D eigenvalue weighted by molar-refractivity contribution is -0.119. The Morgan fingerprint density at radius 1 is 1.26 bits per heavy atom. The van der Waals surface area contributed by atoms with Crippen molar-refractivity contribution in [2.45, 2.75) is 13.8 Å². The van der Waals surface area contributed by atoms with E-state index in [-0.39, 0.29) is 18.2 Å². The van der Waals surface area contributed by atoms with Crippen LogP contribution in [0.5, 0.6) is 5.75 Å². The molecule has 0 spiro atoms. The summed E-state index contributed by atoms with van der Waals surface area (Å²) in [7, 11) is 0. The number of benzene rings is 2. The molecule has 0 fully saturated rings. The van der Waals surface area contributed by atoms with Crippen LogP contribution in [0.4, 0.5) is 5.69 Å². The molecule has 0 aliphatic heterocycles. The van der Waals surface area contributed by atoms with Gasteiger partial charge in [0.15, 0.2) is 0 Å². The largest absolute Gasteiger partial charge is 0.507 e. The zero-order valence-electron chi connectivity index (χ0n) is 12.9. The lowest BCUT2D eigenvalue weighted by atomic mass is 10.1. The third kappa shape index (κ3) is 5.24. The highest BCUT2D eigenvalue weighted by molar-refractivity contribution is 14.1. The normalized spacial score (nSPS) is 10.7. The summed E-state index contributed by atoms with van der Waals surface area (Å²) in [4.78, 5) is 11.7. The molecule has 0 bridgehead atoms. The third-order valence-corrected chi connectivity index (χ3v) is 3.82. The molecule has 0 atom stereocenters. The van der Waals surface area contributed by atoms with E-state index in [1.165, 1.54) is 6.21 Å². The minimum absolute atomic E-state index is 0.123. The molecular weight excluding hydrogens is 405 g/mol. The number of nitrogens with one attached hydrogen (secondary N) is 2. The van der Waals surface area contributed by atoms with E-state index in [0.29, 0.717) is 5.56 Å². The fraction of sp³-hybridized carbons (Fsp3) is 0.176. The van der Waals surface area contributed by atoms with Gasteiger partial charge in [-0.2, -0.15) is 5.10 Å². The molecule has 0 aromatic heterocycles. The maximum Gasteiger partial charge on any atom is 0.259 e. The first-order chi connectivity index (χ1) is 11.0. The van der Waals surface area contributed by atoms with Gasteiger partial charge in [0, 0.05) is 14.8 Å². The first-order valence-corrected chi connectivity index (χ1v) is 8.15. The van der Waals surface area contributed by atoms with Gasteiger partial charge in [-0.3, -0.25) is 4.79 Å². The van der Waals surface area contributed by atoms with Crippen LogP contribution in [-0.2, 0) is 4.79 Å². The number of aromatic hydroxyl groups is 1. The zero-order valence-corrected chi connectivity index (χ0v) is 15.1. The second-order valence-corrected chi connectivity index (χ2v) is 6.42. The average molecular weight is 423 g/mol. The first kappa shape index (κ1) is 17.3. The van der Waals surface area contributed by atoms with Crippen molar-refractivity contribution < 1.29 is 9.90 Å². The highest BCUT2D eigenvalue weighted by Gasteiger charge is 2.04. The van der Waals surface area contributed by atoms with Crippen molar-refractivity contribution in [3.8, 4) is 5.75 Å². The minimum Gasteiger partial charge on any atom is -0.507 e. The summed E-state index contributed by atoms with van der Waals surface area (Å²) in [6, 6.07) is 11.4. The van der Waals surface area contributed by atoms with Gasteiger partial charge in [-0.15, -0.1) is 0 Å². The van der Waals surface area contributed by atoms with Crippen LogP contribution in [0.2, 0.25) is 0 Å². The minimum atomic E-state index is -0.260. The van der Waals surface area contributed by atoms with Crippen molar-refractivity contribution in [3.63, 3.8) is 0 Å². The molecule has 0 saturated carbocycles. The van der Waals surface area contributed by atoms with Gasteiger partial charge >= 0.3 is 0 Å². The van der Waals surface area contributed by atoms with E-state index in [2.05, 4.69) is 38.4 Å². The Hall–Kier alpha value is -2.09. The number of hydrazone groups is 1. The highest BCUT2D eigenvalue weighted by atomic mass is 127. The summed E-state index contributed by atoms with van der Waals surface area (Å²) in [5, 5.41) is 16.8. The Balaban J connectivity index is 1.88. The van der Waals surface area contributed by atoms with Crippen LogP contribution in [0, 0.1) is 17.4 Å². The second-order valence-electron chi connectivity index (χ2n) is 5.17. The van der Waals surface area contributed by atoms with Crippen molar-refractivity contribution in [3.05, 3.63) is 56.7 Å². The molecule has 120 valence electrons. The van der Waals surface area contributed by atoms with Crippen molar-refractivity contribution >= 4 is 40.4 Å². The molecule has 1 amide bonds. The number of phenolic OH excluding ortho intramolecular Hbond substituents is 1. The maximum atomic E-state index is 11.7. The van der Waals surface area contributed by atoms with E-state index in [4.69, 9.17) is 0 Å². The van der Waals surface area contributed by atoms with E-state index in [0.717, 1.165) is 20.4 Å². The number of hydrogen-bond donors (Lipinski definition) is 3. The summed E-state index contributed by atoms with van der Waals surface area (Å²) in [5.74, 6) is -0.0927. The van der Waals surface area contributed by atoms with E-state index in [1.807, 2.05) is 44.2 Å². The monoisotopic (exact) mass is 423 g/mol. The van der Waals surface area contributed by atoms with E-state index in [9.17, 15) is 9.90 Å². The van der Waals surface area contributed by atoms with Crippen LogP contribution in [0.15, 0.2) is 41.5 Å². The predicted molar refractivity (Wildman–Crippen MR) is 101 cm³/mol. The van der Waals surface area contributed by atoms with Gasteiger partial charge in [0.25, 0.3) is 5.91 Å². The van der Waals surface area contributed by atoms with Crippen LogP contribution in [-0.4, -0.2) is 23.8 Å². The molecule has 0 radical (unpaired) electrons. The molecule has 0 aliphatic carbocycles. The van der Waals surface area contributed by atoms with Gasteiger partial charge in [-0.1, -0.05) is 17.7 Å². The predicted octanol–water partition coefficient (Wildman–Crippen LogP) is 3.18. The number of carbonyl (C=O) groups excluding carboxylic acids is 1. The number of amides is 1. The van der Waals surface area contributed by atoms with Gasteiger partial charge in [0.1, 0.15) is 5.75 Å². The van der Waals surface area contributed by atoms with E-state index < -0.39 is 0 Å². The lowest BCUT2D eigenvalue weighted by Gasteiger charge is -2.06. The van der Waals surface area contributed by atoms with Gasteiger partial charge in [-0.05, 0) is 66.3 Å². The lowest BCUT2D eigenvalue weighted by Crippen LogP contribution is -2.25. The Kier molecular flexibility index (Phi) is 5.97. The highest BCUT2D eigenvalue weighted by Crippen LogP contribution is 2.23. The second kappa shape index (κ2) is 7.96. The van der Waals surface area contributed by atoms with E-state index in [1.54, 1.807) is 6.07 Å². The fourth-order valence-electron chi connectivity index (χ4n) is 1.93. The molecule has 2 aromatic carbocycles. The number of aryl methyl sites for hydroxylation is 2. The molecule has 5 nitrogen and oxygen atoms in total. The Labute approximate surface area is 148 Å². The number of nitrogens with zero attached hydrogens (tertiary/aromatic N) is 1. The molecule has 0 saturated heterocycles. The molecule has 23 heavy (non-hydrogen) atoms. The quantitative estimate of drug-likeness (QED) is 0.393. The van der Waals surface area contributed by atoms with E-state index >= 15 is 0 Å². The average Bonchev–Trinajstić information content (AvgIpc) is 2.51. The molecule has 6 heteroatoms. The summed E-state index contributed by atoms with van der Waals surface area (Å²) in [6.07, 6.45) is 1.44. The smallest absolute Gasteiger partial charge is 0.259 e. The maximum absolute atomic E-state index is 11.7. The van der Waals surface area contributed by atoms with Gasteiger partial charge in [0.2, 0.25) is 0 Å². The van der Waals surface area contributed by atoms with Crippen molar-refractivity contribution in [2.75, 3.05) is 11.9 Å². The number of carbonyl (C=O) groups is 1. The molecule has 0 aliphatic rings. The fourth-order valence-corrected chi connectivity index (χ4v) is 2.73. The zero-order chi connectivity index (χ0) is 16.8. The van der Waals surface area contributed by atoms with Crippen LogP contribution in [0.25, 0.3) is 0 Å². The topological polar surface area (TPSA) is 73.7 Å². The van der Waals surface area contributed by atoms with Crippen molar-refractivity contribution in [2.24, 2.45) is 5.10 Å². The third-order valence-electron chi connectivity index (χ3n) is 3.19. The number of anilines is 1. The molecule has 0 heterocycles. The molecule has 0 unspecified atom stereocenters. The number of hydrogen-bond acceptors (Lipinski definition) is 4. The number of rotatable bonds is 5. The standard InChI is InChI=1S/C17H18IN3O2/c1-11-3-5-15(6-4-11)19-10-16(22)21-20-9-13-8-14(18)7-12(2)17(13)23/h3-9,19,23H,10H2,1-2H3,(H,21,22)/b20-9-. The van der Waals surface area contributed by atoms with Crippen molar-refractivity contribution in [1.29, 1.82) is 0 Å². The molecular formula is C17H18IN3O2. The SMILES string of the molecule is Cc1ccc(NCC(=O)N/N=C\c2cc(I)cc(C)c2O)cc1. The van der Waals surface area contributed by atoms with Crippen molar-refractivity contribution in [1.82, 2.24) is 5.43 Å². The number of phenols is 1. The van der Waals surface area contributed by atoms with Crippen LogP contribution in [0.1, 0.15) is 16.7 Å². The molecule has 2 aromatic rings. The Morgan fingerprint density at radius 2 is 1.96 bits per heavy atom. The Bertz CT molecular complexity index is 727. The molecule has 2 rings (SSSR count). The summed E-state index contributed by atoms with van der Waals surface area (Å²) in [5.41, 5.74) is 5.81. The summed E-state index contributed by atoms with van der Waals surface area (Å²) < 4.78 is 0.992. The van der Waals surface area contributed by atoms with Crippen LogP contribution in [0.3, 0.4) is 0 Å². The number of halogens is 1. The Morgan fingerprint density at radius 3 is 2.65 bits per heavy atom. The summed E-state index contributed by atoms with van der Waals surface area (Å²) >= 11 is 2.16.